The van der Waals surface area contributed by atoms with E-state index >= 15 is 0 Å². The average Bonchev–Trinajstić information content (AvgIpc) is 2.61. The first-order valence-corrected chi connectivity index (χ1v) is 11.1. The second-order valence-electron chi connectivity index (χ2n) is 7.49. The number of aliphatic hydroxyl groups is 1. The number of cyclic esters (lactones) is 1. The van der Waals surface area contributed by atoms with Gasteiger partial charge in [0.2, 0.25) is 0 Å². The van der Waals surface area contributed by atoms with E-state index in [0.717, 1.165) is 37.4 Å². The van der Waals surface area contributed by atoms with Crippen molar-refractivity contribution in [2.24, 2.45) is 5.92 Å². The third kappa shape index (κ3) is 4.64. The number of carbonyl (C=O) groups excluding carboxylic acids is 1. The minimum absolute atomic E-state index is 0.122. The van der Waals surface area contributed by atoms with Crippen LogP contribution in [0.1, 0.15) is 35.6 Å². The van der Waals surface area contributed by atoms with Crippen LogP contribution in [-0.2, 0) is 9.53 Å². The molecule has 0 aliphatic carbocycles. The lowest BCUT2D eigenvalue weighted by Gasteiger charge is -2.29. The highest BCUT2D eigenvalue weighted by Crippen LogP contribution is 2.35. The molecule has 2 unspecified atom stereocenters. The Kier molecular flexibility index (Phi) is 6.56. The first-order chi connectivity index (χ1) is 13.3. The Morgan fingerprint density at radius 1 is 1.21 bits per heavy atom. The molecule has 0 saturated heterocycles. The lowest BCUT2D eigenvalue weighted by atomic mass is 9.89. The molecular formula is C23H25BrO3S. The van der Waals surface area contributed by atoms with Crippen molar-refractivity contribution in [2.75, 3.05) is 5.75 Å². The summed E-state index contributed by atoms with van der Waals surface area (Å²) < 4.78 is 6.80. The third-order valence-corrected chi connectivity index (χ3v) is 6.79. The Balaban J connectivity index is 1.76. The summed E-state index contributed by atoms with van der Waals surface area (Å²) in [5.74, 6) is 0.634. The Morgan fingerprint density at radius 2 is 1.89 bits per heavy atom. The van der Waals surface area contributed by atoms with Crippen molar-refractivity contribution in [1.82, 2.24) is 0 Å². The zero-order valence-electron chi connectivity index (χ0n) is 16.6. The van der Waals surface area contributed by atoms with Crippen LogP contribution in [0.2, 0.25) is 0 Å². The van der Waals surface area contributed by atoms with E-state index in [2.05, 4.69) is 35.0 Å². The average molecular weight is 461 g/mol. The number of carbonyl (C=O) groups is 1. The second kappa shape index (κ2) is 8.75. The van der Waals surface area contributed by atoms with Crippen LogP contribution in [0.3, 0.4) is 0 Å². The van der Waals surface area contributed by atoms with E-state index in [1.165, 1.54) is 0 Å². The van der Waals surface area contributed by atoms with Crippen LogP contribution >= 0.6 is 27.7 Å². The van der Waals surface area contributed by atoms with Crippen LogP contribution < -0.4 is 0 Å². The van der Waals surface area contributed by atoms with Crippen molar-refractivity contribution < 1.29 is 14.6 Å². The van der Waals surface area contributed by atoms with Crippen LogP contribution in [0, 0.1) is 26.7 Å². The summed E-state index contributed by atoms with van der Waals surface area (Å²) in [6.45, 7) is 8.01. The fraction of sp³-hybridized carbons (Fsp3) is 0.348. The zero-order chi connectivity index (χ0) is 20.4. The van der Waals surface area contributed by atoms with Crippen molar-refractivity contribution in [3.8, 4) is 0 Å². The van der Waals surface area contributed by atoms with E-state index in [-0.39, 0.29) is 17.8 Å². The van der Waals surface area contributed by atoms with Crippen LogP contribution in [-0.4, -0.2) is 22.9 Å². The van der Waals surface area contributed by atoms with Gasteiger partial charge in [0, 0.05) is 27.5 Å². The van der Waals surface area contributed by atoms with E-state index in [4.69, 9.17) is 4.74 Å². The molecule has 1 heterocycles. The molecule has 0 aromatic heterocycles. The van der Waals surface area contributed by atoms with Crippen LogP contribution in [0.5, 0.6) is 0 Å². The maximum Gasteiger partial charge on any atom is 0.342 e. The lowest BCUT2D eigenvalue weighted by Crippen LogP contribution is -2.32. The van der Waals surface area contributed by atoms with Crippen LogP contribution in [0.25, 0.3) is 5.57 Å². The highest BCUT2D eigenvalue weighted by Gasteiger charge is 2.34. The molecule has 1 aliphatic heterocycles. The predicted octanol–water partition coefficient (Wildman–Crippen LogP) is 6.39. The summed E-state index contributed by atoms with van der Waals surface area (Å²) in [5, 5.41) is 10.7. The number of aliphatic hydroxyl groups excluding tert-OH is 1. The second-order valence-corrected chi connectivity index (χ2v) is 9.50. The van der Waals surface area contributed by atoms with Gasteiger partial charge >= 0.3 is 5.97 Å². The van der Waals surface area contributed by atoms with E-state index in [0.29, 0.717) is 12.0 Å². The van der Waals surface area contributed by atoms with E-state index in [9.17, 15) is 9.90 Å². The minimum atomic E-state index is -0.428. The fourth-order valence-corrected chi connectivity index (χ4v) is 5.28. The topological polar surface area (TPSA) is 46.5 Å². The first kappa shape index (κ1) is 21.0. The fourth-order valence-electron chi connectivity index (χ4n) is 3.68. The van der Waals surface area contributed by atoms with E-state index < -0.39 is 5.97 Å². The van der Waals surface area contributed by atoms with Crippen LogP contribution in [0.4, 0.5) is 0 Å². The molecule has 0 bridgehead atoms. The molecule has 5 heteroatoms. The number of esters is 1. The smallest absolute Gasteiger partial charge is 0.342 e. The van der Waals surface area contributed by atoms with Gasteiger partial charge in [-0.3, -0.25) is 0 Å². The number of halogens is 1. The molecule has 1 aliphatic rings. The molecule has 148 valence electrons. The summed E-state index contributed by atoms with van der Waals surface area (Å²) >= 11 is 5.21. The molecule has 0 saturated carbocycles. The normalized spacial score (nSPS) is 18.2. The van der Waals surface area contributed by atoms with Gasteiger partial charge in [-0.25, -0.2) is 4.79 Å². The van der Waals surface area contributed by atoms with Gasteiger partial charge in [-0.2, -0.15) is 0 Å². The SMILES string of the molecule is Cc1cc(C)c(C2=C(O)CC(C(C)CSc3cccc(Br)c3)OC2=O)c(C)c1. The van der Waals surface area contributed by atoms with Gasteiger partial charge in [0.25, 0.3) is 0 Å². The van der Waals surface area contributed by atoms with Crippen molar-refractivity contribution in [3.63, 3.8) is 0 Å². The summed E-state index contributed by atoms with van der Waals surface area (Å²) in [5.41, 5.74) is 4.21. The van der Waals surface area contributed by atoms with Gasteiger partial charge in [-0.05, 0) is 55.7 Å². The van der Waals surface area contributed by atoms with Crippen LogP contribution in [0.15, 0.2) is 51.5 Å². The van der Waals surface area contributed by atoms with Gasteiger partial charge < -0.3 is 9.84 Å². The molecule has 3 rings (SSSR count). The molecule has 0 spiro atoms. The summed E-state index contributed by atoms with van der Waals surface area (Å²) in [7, 11) is 0. The van der Waals surface area contributed by atoms with Crippen molar-refractivity contribution in [2.45, 2.75) is 45.1 Å². The van der Waals surface area contributed by atoms with Gasteiger partial charge in [-0.1, -0.05) is 46.6 Å². The number of rotatable bonds is 5. The Labute approximate surface area is 179 Å². The zero-order valence-corrected chi connectivity index (χ0v) is 19.0. The molecule has 28 heavy (non-hydrogen) atoms. The Morgan fingerprint density at radius 3 is 2.50 bits per heavy atom. The monoisotopic (exact) mass is 460 g/mol. The molecule has 0 amide bonds. The Hall–Kier alpha value is -1.72. The van der Waals surface area contributed by atoms with Crippen molar-refractivity contribution in [3.05, 3.63) is 68.9 Å². The third-order valence-electron chi connectivity index (χ3n) is 5.02. The van der Waals surface area contributed by atoms with Gasteiger partial charge in [-0.15, -0.1) is 11.8 Å². The molecular weight excluding hydrogens is 436 g/mol. The Bertz CT molecular complexity index is 912. The number of ether oxygens (including phenoxy) is 1. The van der Waals surface area contributed by atoms with Crippen molar-refractivity contribution in [1.29, 1.82) is 0 Å². The maximum absolute atomic E-state index is 12.8. The predicted molar refractivity (Wildman–Crippen MR) is 119 cm³/mol. The molecule has 2 atom stereocenters. The molecule has 3 nitrogen and oxygen atoms in total. The quantitative estimate of drug-likeness (QED) is 0.414. The number of benzene rings is 2. The number of hydrogen-bond donors (Lipinski definition) is 1. The number of thioether (sulfide) groups is 1. The van der Waals surface area contributed by atoms with E-state index in [1.54, 1.807) is 11.8 Å². The lowest BCUT2D eigenvalue weighted by molar-refractivity contribution is -0.145. The van der Waals surface area contributed by atoms with Gasteiger partial charge in [0.05, 0.1) is 0 Å². The highest BCUT2D eigenvalue weighted by atomic mass is 79.9. The largest absolute Gasteiger partial charge is 0.511 e. The summed E-state index contributed by atoms with van der Waals surface area (Å²) in [6.07, 6.45) is 0.0376. The number of hydrogen-bond acceptors (Lipinski definition) is 4. The van der Waals surface area contributed by atoms with Gasteiger partial charge in [0.1, 0.15) is 17.4 Å². The molecule has 0 radical (unpaired) electrons. The number of aryl methyl sites for hydroxylation is 3. The van der Waals surface area contributed by atoms with Gasteiger partial charge in [0.15, 0.2) is 0 Å². The standard InChI is InChI=1S/C23H25BrO3S/c1-13-8-14(2)21(15(3)9-13)22-19(25)11-20(27-23(22)26)16(4)12-28-18-7-5-6-17(24)10-18/h5-10,16,20,25H,11-12H2,1-4H3. The minimum Gasteiger partial charge on any atom is -0.511 e. The molecule has 2 aromatic rings. The van der Waals surface area contributed by atoms with Crippen molar-refractivity contribution >= 4 is 39.2 Å². The molecule has 0 fully saturated rings. The first-order valence-electron chi connectivity index (χ1n) is 9.36. The molecule has 1 N–H and O–H groups in total. The summed E-state index contributed by atoms with van der Waals surface area (Å²) in [4.78, 5) is 13.9. The highest BCUT2D eigenvalue weighted by molar-refractivity contribution is 9.10. The van der Waals surface area contributed by atoms with E-state index in [1.807, 2.05) is 45.0 Å². The summed E-state index contributed by atoms with van der Waals surface area (Å²) in [6, 6.07) is 12.2. The molecule has 2 aromatic carbocycles. The maximum atomic E-state index is 12.8.